The van der Waals surface area contributed by atoms with E-state index < -0.39 is 6.03 Å². The standard InChI is InChI=1S/C12H10Cl2N2O2/c13-8-2-1-7(5-9(8)14)16-10(17)12(3-4-12)6-15-11(16)18/h1-2,5H,3-4,6H2,(H,15,18). The maximum atomic E-state index is 12.3. The molecule has 1 N–H and O–H groups in total. The summed E-state index contributed by atoms with van der Waals surface area (Å²) in [7, 11) is 0. The Morgan fingerprint density at radius 1 is 1.17 bits per heavy atom. The lowest BCUT2D eigenvalue weighted by Crippen LogP contribution is -2.56. The highest BCUT2D eigenvalue weighted by molar-refractivity contribution is 6.42. The number of hydrogen-bond acceptors (Lipinski definition) is 2. The van der Waals surface area contributed by atoms with Crippen molar-refractivity contribution >= 4 is 40.8 Å². The minimum atomic E-state index is -0.407. The smallest absolute Gasteiger partial charge is 0.328 e. The number of nitrogens with zero attached hydrogens (tertiary/aromatic N) is 1. The van der Waals surface area contributed by atoms with Crippen molar-refractivity contribution in [3.8, 4) is 0 Å². The van der Waals surface area contributed by atoms with Gasteiger partial charge in [0.25, 0.3) is 0 Å². The summed E-state index contributed by atoms with van der Waals surface area (Å²) in [6.45, 7) is 0.433. The second kappa shape index (κ2) is 3.87. The predicted octanol–water partition coefficient (Wildman–Crippen LogP) is 2.83. The molecule has 6 heteroatoms. The zero-order chi connectivity index (χ0) is 12.9. The first-order valence-corrected chi connectivity index (χ1v) is 6.37. The maximum Gasteiger partial charge on any atom is 0.328 e. The second-order valence-corrected chi connectivity index (χ2v) is 5.49. The van der Waals surface area contributed by atoms with Crippen molar-refractivity contribution in [1.82, 2.24) is 5.32 Å². The van der Waals surface area contributed by atoms with E-state index >= 15 is 0 Å². The van der Waals surface area contributed by atoms with Gasteiger partial charge in [-0.1, -0.05) is 23.2 Å². The Balaban J connectivity index is 2.00. The molecule has 1 saturated heterocycles. The summed E-state index contributed by atoms with van der Waals surface area (Å²) in [5.74, 6) is -0.148. The number of anilines is 1. The van der Waals surface area contributed by atoms with Crippen molar-refractivity contribution in [1.29, 1.82) is 0 Å². The molecule has 0 atom stereocenters. The van der Waals surface area contributed by atoms with Crippen LogP contribution in [0.3, 0.4) is 0 Å². The number of amides is 3. The molecule has 1 heterocycles. The fourth-order valence-electron chi connectivity index (χ4n) is 2.13. The van der Waals surface area contributed by atoms with Crippen molar-refractivity contribution in [3.05, 3.63) is 28.2 Å². The van der Waals surface area contributed by atoms with Crippen LogP contribution in [-0.2, 0) is 4.79 Å². The lowest BCUT2D eigenvalue weighted by Gasteiger charge is -2.31. The molecule has 4 nitrogen and oxygen atoms in total. The van der Waals surface area contributed by atoms with Gasteiger partial charge in [0.2, 0.25) is 5.91 Å². The van der Waals surface area contributed by atoms with Crippen LogP contribution in [0.25, 0.3) is 0 Å². The van der Waals surface area contributed by atoms with Crippen molar-refractivity contribution in [2.75, 3.05) is 11.4 Å². The summed E-state index contributed by atoms with van der Waals surface area (Å²) in [6, 6.07) is 4.32. The Kier molecular flexibility index (Phi) is 2.54. The second-order valence-electron chi connectivity index (χ2n) is 4.68. The van der Waals surface area contributed by atoms with Gasteiger partial charge in [-0.3, -0.25) is 4.79 Å². The molecule has 18 heavy (non-hydrogen) atoms. The molecule has 0 radical (unpaired) electrons. The van der Waals surface area contributed by atoms with E-state index in [0.717, 1.165) is 17.7 Å². The van der Waals surface area contributed by atoms with E-state index in [1.807, 2.05) is 0 Å². The van der Waals surface area contributed by atoms with E-state index in [-0.39, 0.29) is 11.3 Å². The Bertz CT molecular complexity index is 555. The molecule has 1 aliphatic heterocycles. The third-order valence-corrected chi connectivity index (χ3v) is 4.19. The Morgan fingerprint density at radius 3 is 2.50 bits per heavy atom. The van der Waals surface area contributed by atoms with Crippen LogP contribution in [-0.4, -0.2) is 18.5 Å². The van der Waals surface area contributed by atoms with Crippen LogP contribution >= 0.6 is 23.2 Å². The molecule has 1 saturated carbocycles. The molecule has 1 aliphatic carbocycles. The minimum absolute atomic E-state index is 0.148. The highest BCUT2D eigenvalue weighted by Crippen LogP contribution is 2.49. The highest BCUT2D eigenvalue weighted by Gasteiger charge is 2.56. The third-order valence-electron chi connectivity index (χ3n) is 3.45. The maximum absolute atomic E-state index is 12.3. The lowest BCUT2D eigenvalue weighted by molar-refractivity contribution is -0.123. The normalized spacial score (nSPS) is 21.1. The summed E-state index contributed by atoms with van der Waals surface area (Å²) in [5.41, 5.74) is 0.0675. The molecule has 2 aliphatic rings. The van der Waals surface area contributed by atoms with E-state index in [1.54, 1.807) is 12.1 Å². The average Bonchev–Trinajstić information content (AvgIpc) is 3.11. The quantitative estimate of drug-likeness (QED) is 0.862. The van der Waals surface area contributed by atoms with Crippen LogP contribution in [0.4, 0.5) is 10.5 Å². The number of rotatable bonds is 1. The Labute approximate surface area is 114 Å². The zero-order valence-corrected chi connectivity index (χ0v) is 10.9. The van der Waals surface area contributed by atoms with Gasteiger partial charge in [0.05, 0.1) is 21.1 Å². The molecule has 1 aromatic rings. The van der Waals surface area contributed by atoms with Gasteiger partial charge < -0.3 is 5.32 Å². The van der Waals surface area contributed by atoms with E-state index in [0.29, 0.717) is 22.3 Å². The predicted molar refractivity (Wildman–Crippen MR) is 69.0 cm³/mol. The molecule has 3 rings (SSSR count). The Morgan fingerprint density at radius 2 is 1.89 bits per heavy atom. The summed E-state index contributed by atoms with van der Waals surface area (Å²) in [5, 5.41) is 3.46. The molecular weight excluding hydrogens is 275 g/mol. The monoisotopic (exact) mass is 284 g/mol. The van der Waals surface area contributed by atoms with Crippen LogP contribution in [0.1, 0.15) is 12.8 Å². The van der Waals surface area contributed by atoms with Crippen molar-refractivity contribution < 1.29 is 9.59 Å². The average molecular weight is 285 g/mol. The number of nitrogens with one attached hydrogen (secondary N) is 1. The van der Waals surface area contributed by atoms with E-state index in [9.17, 15) is 9.59 Å². The number of benzene rings is 1. The molecule has 0 aromatic heterocycles. The first-order valence-electron chi connectivity index (χ1n) is 5.61. The number of carbonyl (C=O) groups excluding carboxylic acids is 2. The number of urea groups is 1. The van der Waals surface area contributed by atoms with Crippen LogP contribution in [0.2, 0.25) is 10.0 Å². The van der Waals surface area contributed by atoms with Crippen molar-refractivity contribution in [3.63, 3.8) is 0 Å². The Hall–Kier alpha value is -1.26. The molecule has 1 aromatic carbocycles. The van der Waals surface area contributed by atoms with Gasteiger partial charge in [0.1, 0.15) is 0 Å². The third kappa shape index (κ3) is 1.68. The van der Waals surface area contributed by atoms with Crippen LogP contribution in [0.15, 0.2) is 18.2 Å². The van der Waals surface area contributed by atoms with Crippen molar-refractivity contribution in [2.24, 2.45) is 5.41 Å². The van der Waals surface area contributed by atoms with E-state index in [2.05, 4.69) is 5.32 Å². The number of halogens is 2. The van der Waals surface area contributed by atoms with Crippen LogP contribution in [0, 0.1) is 5.41 Å². The first-order chi connectivity index (χ1) is 8.53. The molecule has 3 amide bonds. The molecule has 2 fully saturated rings. The number of imide groups is 1. The van der Waals surface area contributed by atoms with Gasteiger partial charge >= 0.3 is 6.03 Å². The molecule has 1 spiro atoms. The molecule has 94 valence electrons. The van der Waals surface area contributed by atoms with Gasteiger partial charge in [0.15, 0.2) is 0 Å². The molecular formula is C12H10Cl2N2O2. The number of carbonyl (C=O) groups is 2. The summed E-state index contributed by atoms with van der Waals surface area (Å²) < 4.78 is 0. The van der Waals surface area contributed by atoms with Gasteiger partial charge in [-0.05, 0) is 31.0 Å². The highest BCUT2D eigenvalue weighted by atomic mass is 35.5. The summed E-state index contributed by atoms with van der Waals surface area (Å²) >= 11 is 11.7. The van der Waals surface area contributed by atoms with E-state index in [4.69, 9.17) is 23.2 Å². The lowest BCUT2D eigenvalue weighted by atomic mass is 10.0. The van der Waals surface area contributed by atoms with Gasteiger partial charge in [-0.25, -0.2) is 9.69 Å². The van der Waals surface area contributed by atoms with Gasteiger partial charge in [0, 0.05) is 6.54 Å². The molecule has 0 bridgehead atoms. The zero-order valence-electron chi connectivity index (χ0n) is 9.37. The summed E-state index contributed by atoms with van der Waals surface area (Å²) in [6.07, 6.45) is 1.65. The van der Waals surface area contributed by atoms with Gasteiger partial charge in [-0.2, -0.15) is 0 Å². The van der Waals surface area contributed by atoms with Gasteiger partial charge in [-0.15, -0.1) is 0 Å². The SMILES string of the molecule is O=C1NCC2(CC2)C(=O)N1c1ccc(Cl)c(Cl)c1. The topological polar surface area (TPSA) is 49.4 Å². The van der Waals surface area contributed by atoms with Crippen molar-refractivity contribution in [2.45, 2.75) is 12.8 Å². The van der Waals surface area contributed by atoms with Crippen LogP contribution in [0.5, 0.6) is 0 Å². The largest absolute Gasteiger partial charge is 0.336 e. The van der Waals surface area contributed by atoms with Crippen LogP contribution < -0.4 is 10.2 Å². The number of hydrogen-bond donors (Lipinski definition) is 1. The first kappa shape index (κ1) is 11.8. The summed E-state index contributed by atoms with van der Waals surface area (Å²) in [4.78, 5) is 25.3. The minimum Gasteiger partial charge on any atom is -0.336 e. The molecule has 0 unspecified atom stereocenters. The van der Waals surface area contributed by atoms with E-state index in [1.165, 1.54) is 6.07 Å². The fourth-order valence-corrected chi connectivity index (χ4v) is 2.42. The fraction of sp³-hybridized carbons (Fsp3) is 0.333.